The van der Waals surface area contributed by atoms with Crippen LogP contribution in [0.5, 0.6) is 0 Å². The first-order valence-electron chi connectivity index (χ1n) is 42.4. The van der Waals surface area contributed by atoms with E-state index >= 15 is 0 Å². The number of carbonyl (C=O) groups excluding carboxylic acids is 3. The summed E-state index contributed by atoms with van der Waals surface area (Å²) in [6.07, 6.45) is 65.7. The zero-order valence-electron chi connectivity index (χ0n) is 65.9. The van der Waals surface area contributed by atoms with E-state index in [1.165, 1.54) is 89.9 Å². The second-order valence-electron chi connectivity index (χ2n) is 30.1. The lowest BCUT2D eigenvalue weighted by Gasteiger charge is -2.42. The fourth-order valence-corrected chi connectivity index (χ4v) is 14.6. The number of ether oxygens (including phenoxy) is 4. The Hall–Kier alpha value is -3.40. The highest BCUT2D eigenvalue weighted by Crippen LogP contribution is 2.28. The molecule has 2 rings (SSSR count). The summed E-state index contributed by atoms with van der Waals surface area (Å²) in [7, 11) is 0. The molecule has 2 aliphatic rings. The van der Waals surface area contributed by atoms with Crippen LogP contribution in [0.3, 0.4) is 0 Å². The molecule has 0 amide bonds. The number of aliphatic carboxylic acids is 1. The molecule has 14 nitrogen and oxygen atoms in total. The molecule has 0 aromatic rings. The summed E-state index contributed by atoms with van der Waals surface area (Å²) in [5, 5.41) is 19.3. The van der Waals surface area contributed by atoms with Gasteiger partial charge in [0.15, 0.2) is 0 Å². The van der Waals surface area contributed by atoms with Gasteiger partial charge in [0.1, 0.15) is 0 Å². The highest BCUT2D eigenvalue weighted by molar-refractivity contribution is 5.70. The van der Waals surface area contributed by atoms with E-state index in [-0.39, 0.29) is 37.0 Å². The minimum Gasteiger partial charge on any atom is -0.481 e. The molecular weight excluding hydrogens is 1250 g/mol. The minimum absolute atomic E-state index is 0.0258. The van der Waals surface area contributed by atoms with Crippen LogP contribution in [0.15, 0.2) is 48.6 Å². The Morgan fingerprint density at radius 2 is 0.830 bits per heavy atom. The van der Waals surface area contributed by atoms with Crippen molar-refractivity contribution in [1.29, 1.82) is 0 Å². The molecule has 0 radical (unpaired) electrons. The van der Waals surface area contributed by atoms with Crippen molar-refractivity contribution in [2.45, 2.75) is 349 Å². The summed E-state index contributed by atoms with van der Waals surface area (Å²) in [5.41, 5.74) is 0. The molecule has 1 aliphatic carbocycles. The smallest absolute Gasteiger partial charge is 0.305 e. The lowest BCUT2D eigenvalue weighted by atomic mass is 9.91. The number of aliphatic hydroxyl groups excluding tert-OH is 1. The first-order valence-corrected chi connectivity index (χ1v) is 42.4. The van der Waals surface area contributed by atoms with Crippen molar-refractivity contribution < 1.29 is 48.3 Å². The van der Waals surface area contributed by atoms with Gasteiger partial charge in [0, 0.05) is 77.5 Å². The van der Waals surface area contributed by atoms with Crippen LogP contribution < -0.4 is 0 Å². The molecule has 0 unspecified atom stereocenters. The van der Waals surface area contributed by atoms with E-state index in [0.29, 0.717) is 81.9 Å². The Kier molecular flexibility index (Phi) is 62.5. The van der Waals surface area contributed by atoms with E-state index < -0.39 is 5.97 Å². The third kappa shape index (κ3) is 54.3. The Morgan fingerprint density at radius 3 is 1.28 bits per heavy atom. The number of allylic oxidation sites excluding steroid dienone is 8. The van der Waals surface area contributed by atoms with E-state index in [4.69, 9.17) is 24.1 Å². The van der Waals surface area contributed by atoms with Crippen molar-refractivity contribution in [3.05, 3.63) is 48.6 Å². The Labute approximate surface area is 615 Å². The van der Waals surface area contributed by atoms with Crippen molar-refractivity contribution in [3.8, 4) is 0 Å². The SMILES string of the molecule is CC/C=C\CCC(CC/C=C\CC)COC(=O)CCCCCN(CCO)CCN(CCCCCC(=O)OCC(CC/C=C\CC)CC/C=C\CC)C1CCC(OCCN(CCCCCC(=O)OCC(CCCCCCCC)CCCCCCCC)CC2CN(CCCCCC(=O)O)C2)CC1. The van der Waals surface area contributed by atoms with Gasteiger partial charge in [-0.3, -0.25) is 29.0 Å². The van der Waals surface area contributed by atoms with Gasteiger partial charge in [-0.15, -0.1) is 0 Å². The number of carbonyl (C=O) groups is 4. The van der Waals surface area contributed by atoms with Gasteiger partial charge in [-0.2, -0.15) is 0 Å². The van der Waals surface area contributed by atoms with Gasteiger partial charge in [0.2, 0.25) is 0 Å². The second kappa shape index (κ2) is 67.5. The van der Waals surface area contributed by atoms with Gasteiger partial charge in [-0.1, -0.05) is 193 Å². The highest BCUT2D eigenvalue weighted by Gasteiger charge is 2.30. The molecule has 1 aliphatic heterocycles. The van der Waals surface area contributed by atoms with Gasteiger partial charge in [0.25, 0.3) is 0 Å². The van der Waals surface area contributed by atoms with E-state index in [0.717, 1.165) is 245 Å². The first-order chi connectivity index (χ1) is 49.0. The summed E-state index contributed by atoms with van der Waals surface area (Å²) in [6, 6.07) is 0.451. The number of likely N-dealkylation sites (tertiary alicyclic amines) is 1. The van der Waals surface area contributed by atoms with E-state index in [2.05, 4.69) is 110 Å². The molecule has 1 heterocycles. The van der Waals surface area contributed by atoms with Crippen LogP contribution >= 0.6 is 0 Å². The van der Waals surface area contributed by atoms with Crippen molar-refractivity contribution >= 4 is 23.9 Å². The minimum atomic E-state index is -0.706. The summed E-state index contributed by atoms with van der Waals surface area (Å²) in [5.74, 6) is 0.958. The standard InChI is InChI=1S/C86H158N4O10/c1-7-13-19-25-27-37-51-79(52-38-28-26-20-14-8-2)76-100-85(95)55-41-31-44-62-88(71-80-72-89(73-80)63-45-29-39-53-83(92)93)68-70-97-82-59-57-81(58-60-82)90(64-46-32-42-56-86(96)99-75-78(49-35-23-17-11-5)50-36-24-18-12-6)66-65-87(67-69-91)61-43-30-40-54-84(94)98-74-77(47-33-21-15-9-3)48-34-22-16-10-4/h15-18,21-24,77-82,91H,7-14,19-20,25-76H2,1-6H3,(H,92,93)/b21-15-,22-16-,23-17-,24-18-. The lowest BCUT2D eigenvalue weighted by Crippen LogP contribution is -2.52. The summed E-state index contributed by atoms with van der Waals surface area (Å²) < 4.78 is 24.6. The van der Waals surface area contributed by atoms with Gasteiger partial charge in [-0.25, -0.2) is 0 Å². The van der Waals surface area contributed by atoms with Gasteiger partial charge >= 0.3 is 23.9 Å². The van der Waals surface area contributed by atoms with Crippen LogP contribution in [0.25, 0.3) is 0 Å². The second-order valence-corrected chi connectivity index (χ2v) is 30.1. The van der Waals surface area contributed by atoms with Gasteiger partial charge < -0.3 is 39.0 Å². The number of hydrogen-bond donors (Lipinski definition) is 2. The Bertz CT molecular complexity index is 1970. The molecule has 582 valence electrons. The zero-order valence-corrected chi connectivity index (χ0v) is 65.9. The maximum atomic E-state index is 13.2. The number of unbranched alkanes of at least 4 members (excludes halogenated alkanes) is 18. The molecule has 0 bridgehead atoms. The largest absolute Gasteiger partial charge is 0.481 e. The van der Waals surface area contributed by atoms with E-state index in [1.807, 2.05) is 0 Å². The summed E-state index contributed by atoms with van der Waals surface area (Å²) in [4.78, 5) is 60.6. The van der Waals surface area contributed by atoms with Crippen LogP contribution in [0, 0.1) is 23.7 Å². The Balaban J connectivity index is 2.04. The zero-order chi connectivity index (χ0) is 72.4. The van der Waals surface area contributed by atoms with Crippen molar-refractivity contribution in [2.75, 3.05) is 105 Å². The van der Waals surface area contributed by atoms with Crippen molar-refractivity contribution in [1.82, 2.24) is 19.6 Å². The molecule has 0 spiro atoms. The molecular formula is C86H158N4O10. The maximum absolute atomic E-state index is 13.2. The number of carboxylic acids is 1. The molecule has 14 heteroatoms. The maximum Gasteiger partial charge on any atom is 0.305 e. The fraction of sp³-hybridized carbons (Fsp3) is 0.860. The summed E-state index contributed by atoms with van der Waals surface area (Å²) >= 11 is 0. The molecule has 1 saturated carbocycles. The van der Waals surface area contributed by atoms with Crippen LogP contribution in [-0.2, 0) is 38.1 Å². The van der Waals surface area contributed by atoms with Gasteiger partial charge in [-0.05, 0) is 217 Å². The number of esters is 3. The molecule has 0 atom stereocenters. The molecule has 0 aromatic heterocycles. The predicted molar refractivity (Wildman–Crippen MR) is 419 cm³/mol. The average molecular weight is 1410 g/mol. The van der Waals surface area contributed by atoms with Crippen LogP contribution in [0.1, 0.15) is 337 Å². The topological polar surface area (TPSA) is 159 Å². The molecule has 0 aromatic carbocycles. The number of aliphatic hydroxyl groups is 1. The van der Waals surface area contributed by atoms with E-state index in [1.54, 1.807) is 0 Å². The third-order valence-corrected chi connectivity index (χ3v) is 20.9. The third-order valence-electron chi connectivity index (χ3n) is 20.9. The monoisotopic (exact) mass is 1410 g/mol. The number of hydrogen-bond acceptors (Lipinski definition) is 13. The van der Waals surface area contributed by atoms with Crippen molar-refractivity contribution in [2.24, 2.45) is 23.7 Å². The van der Waals surface area contributed by atoms with Crippen LogP contribution in [0.4, 0.5) is 0 Å². The number of carboxylic acid groups (broad SMARTS) is 1. The quantitative estimate of drug-likeness (QED) is 0.0256. The average Bonchev–Trinajstić information content (AvgIpc) is 0.871. The molecule has 1 saturated heterocycles. The van der Waals surface area contributed by atoms with E-state index in [9.17, 15) is 24.3 Å². The fourth-order valence-electron chi connectivity index (χ4n) is 14.6. The summed E-state index contributed by atoms with van der Waals surface area (Å²) in [6.45, 7) is 26.1. The molecule has 100 heavy (non-hydrogen) atoms. The lowest BCUT2D eigenvalue weighted by molar-refractivity contribution is -0.146. The normalized spacial score (nSPS) is 15.7. The predicted octanol–water partition coefficient (Wildman–Crippen LogP) is 20.4. The molecule has 2 N–H and O–H groups in total. The Morgan fingerprint density at radius 1 is 0.420 bits per heavy atom. The molecule has 2 fully saturated rings. The van der Waals surface area contributed by atoms with Crippen molar-refractivity contribution in [3.63, 3.8) is 0 Å². The number of rotatable bonds is 72. The van der Waals surface area contributed by atoms with Gasteiger partial charge in [0.05, 0.1) is 39.1 Å². The first kappa shape index (κ1) is 92.7. The number of nitrogens with zero attached hydrogens (tertiary/aromatic N) is 4. The van der Waals surface area contributed by atoms with Crippen LogP contribution in [0.2, 0.25) is 0 Å². The highest BCUT2D eigenvalue weighted by atomic mass is 16.5. The van der Waals surface area contributed by atoms with Crippen LogP contribution in [-0.4, -0.2) is 171 Å².